The molecular weight excluding hydrogens is 428 g/mol. The number of carbonyl (C=O) groups excluding carboxylic acids is 1. The standard InChI is InChI=1S/C18H13ClF4N6O/c19-12-6-5-9(7-11(12)18(21,22)23)27-15-14(24)16(26-8-25-15)28-29-17(30)10-3-1-2-4-13(10)20/h1-8H,24H2,(H,29,30)(H2,25,26,27,28). The van der Waals surface area contributed by atoms with Crippen LogP contribution in [0.3, 0.4) is 0 Å². The van der Waals surface area contributed by atoms with E-state index in [2.05, 4.69) is 26.1 Å². The van der Waals surface area contributed by atoms with Crippen molar-refractivity contribution < 1.29 is 22.4 Å². The molecule has 0 bridgehead atoms. The fraction of sp³-hybridized carbons (Fsp3) is 0.0556. The summed E-state index contributed by atoms with van der Waals surface area (Å²) in [5.74, 6) is -1.59. The highest BCUT2D eigenvalue weighted by atomic mass is 35.5. The van der Waals surface area contributed by atoms with Gasteiger partial charge in [0.25, 0.3) is 5.91 Å². The Kier molecular flexibility index (Phi) is 5.92. The van der Waals surface area contributed by atoms with Gasteiger partial charge in [0, 0.05) is 5.69 Å². The molecule has 30 heavy (non-hydrogen) atoms. The summed E-state index contributed by atoms with van der Waals surface area (Å²) in [7, 11) is 0. The third kappa shape index (κ3) is 4.69. The summed E-state index contributed by atoms with van der Waals surface area (Å²) in [4.78, 5) is 19.8. The lowest BCUT2D eigenvalue weighted by molar-refractivity contribution is -0.137. The first kappa shape index (κ1) is 21.1. The summed E-state index contributed by atoms with van der Waals surface area (Å²) in [5, 5.41) is 2.18. The molecule has 7 nitrogen and oxygen atoms in total. The number of alkyl halides is 3. The molecule has 0 aliphatic rings. The molecular formula is C18H13ClF4N6O. The molecule has 3 rings (SSSR count). The van der Waals surface area contributed by atoms with Crippen LogP contribution in [-0.2, 0) is 6.18 Å². The van der Waals surface area contributed by atoms with Crippen LogP contribution in [0.2, 0.25) is 5.02 Å². The summed E-state index contributed by atoms with van der Waals surface area (Å²) in [6.45, 7) is 0. The molecule has 0 aliphatic carbocycles. The van der Waals surface area contributed by atoms with Gasteiger partial charge in [-0.1, -0.05) is 23.7 Å². The predicted molar refractivity (Wildman–Crippen MR) is 104 cm³/mol. The number of hydrogen-bond acceptors (Lipinski definition) is 6. The Morgan fingerprint density at radius 1 is 1.07 bits per heavy atom. The number of rotatable bonds is 5. The zero-order chi connectivity index (χ0) is 21.9. The van der Waals surface area contributed by atoms with E-state index in [0.717, 1.165) is 24.5 Å². The Balaban J connectivity index is 1.77. The van der Waals surface area contributed by atoms with E-state index in [1.807, 2.05) is 0 Å². The number of carbonyl (C=O) groups is 1. The zero-order valence-electron chi connectivity index (χ0n) is 14.9. The first-order chi connectivity index (χ1) is 14.2. The van der Waals surface area contributed by atoms with Gasteiger partial charge in [-0.2, -0.15) is 13.2 Å². The Labute approximate surface area is 172 Å². The van der Waals surface area contributed by atoms with E-state index in [4.69, 9.17) is 17.3 Å². The lowest BCUT2D eigenvalue weighted by Gasteiger charge is -2.15. The van der Waals surface area contributed by atoms with Gasteiger partial charge in [0.15, 0.2) is 11.6 Å². The van der Waals surface area contributed by atoms with Crippen LogP contribution in [0.25, 0.3) is 0 Å². The van der Waals surface area contributed by atoms with E-state index in [1.54, 1.807) is 0 Å². The van der Waals surface area contributed by atoms with Crippen molar-refractivity contribution in [2.75, 3.05) is 16.5 Å². The first-order valence-electron chi connectivity index (χ1n) is 8.22. The smallest absolute Gasteiger partial charge is 0.393 e. The minimum absolute atomic E-state index is 0.0249. The van der Waals surface area contributed by atoms with Crippen molar-refractivity contribution in [1.82, 2.24) is 15.4 Å². The van der Waals surface area contributed by atoms with Crippen molar-refractivity contribution in [1.29, 1.82) is 0 Å². The molecule has 0 unspecified atom stereocenters. The number of amides is 1. The van der Waals surface area contributed by atoms with E-state index in [1.165, 1.54) is 24.3 Å². The fourth-order valence-corrected chi connectivity index (χ4v) is 2.61. The van der Waals surface area contributed by atoms with Crippen LogP contribution >= 0.6 is 11.6 Å². The minimum atomic E-state index is -4.64. The number of anilines is 4. The summed E-state index contributed by atoms with van der Waals surface area (Å²) in [5.41, 5.74) is 9.26. The number of nitrogens with zero attached hydrogens (tertiary/aromatic N) is 2. The number of hydrazine groups is 1. The van der Waals surface area contributed by atoms with Crippen LogP contribution < -0.4 is 21.9 Å². The van der Waals surface area contributed by atoms with Gasteiger partial charge < -0.3 is 11.1 Å². The number of nitrogens with two attached hydrogens (primary N) is 1. The minimum Gasteiger partial charge on any atom is -0.393 e. The number of halogens is 5. The van der Waals surface area contributed by atoms with Gasteiger partial charge in [0.2, 0.25) is 0 Å². The molecule has 156 valence electrons. The number of nitrogen functional groups attached to an aromatic ring is 1. The number of hydrogen-bond donors (Lipinski definition) is 4. The average Bonchev–Trinajstić information content (AvgIpc) is 2.69. The van der Waals surface area contributed by atoms with Crippen LogP contribution in [0, 0.1) is 5.82 Å². The summed E-state index contributed by atoms with van der Waals surface area (Å²) >= 11 is 5.60. The maximum atomic E-state index is 13.7. The van der Waals surface area contributed by atoms with Crippen molar-refractivity contribution >= 4 is 40.5 Å². The molecule has 0 spiro atoms. The second-order valence-corrected chi connectivity index (χ2v) is 6.27. The average molecular weight is 441 g/mol. The monoisotopic (exact) mass is 440 g/mol. The number of nitrogens with one attached hydrogen (secondary N) is 3. The van der Waals surface area contributed by atoms with Crippen LogP contribution in [-0.4, -0.2) is 15.9 Å². The van der Waals surface area contributed by atoms with Crippen LogP contribution in [0.1, 0.15) is 15.9 Å². The van der Waals surface area contributed by atoms with Crippen molar-refractivity contribution in [2.24, 2.45) is 0 Å². The Morgan fingerprint density at radius 2 is 1.77 bits per heavy atom. The van der Waals surface area contributed by atoms with Gasteiger partial charge in [-0.3, -0.25) is 15.6 Å². The topological polar surface area (TPSA) is 105 Å². The maximum Gasteiger partial charge on any atom is 0.417 e. The fourth-order valence-electron chi connectivity index (χ4n) is 2.38. The Morgan fingerprint density at radius 3 is 2.47 bits per heavy atom. The van der Waals surface area contributed by atoms with Crippen LogP contribution in [0.5, 0.6) is 0 Å². The third-order valence-electron chi connectivity index (χ3n) is 3.83. The highest BCUT2D eigenvalue weighted by molar-refractivity contribution is 6.31. The molecule has 5 N–H and O–H groups in total. The van der Waals surface area contributed by atoms with Crippen LogP contribution in [0.4, 0.5) is 40.6 Å². The predicted octanol–water partition coefficient (Wildman–Crippen LogP) is 4.37. The highest BCUT2D eigenvalue weighted by Gasteiger charge is 2.33. The van der Waals surface area contributed by atoms with E-state index in [9.17, 15) is 22.4 Å². The van der Waals surface area contributed by atoms with Gasteiger partial charge in [-0.25, -0.2) is 14.4 Å². The van der Waals surface area contributed by atoms with Crippen molar-refractivity contribution in [2.45, 2.75) is 6.18 Å². The Bertz CT molecular complexity index is 1090. The molecule has 0 saturated heterocycles. The molecule has 0 fully saturated rings. The Hall–Kier alpha value is -3.60. The molecule has 1 heterocycles. The van der Waals surface area contributed by atoms with E-state index < -0.39 is 28.5 Å². The van der Waals surface area contributed by atoms with Gasteiger partial charge in [-0.15, -0.1) is 0 Å². The molecule has 3 aromatic rings. The largest absolute Gasteiger partial charge is 0.417 e. The van der Waals surface area contributed by atoms with E-state index in [-0.39, 0.29) is 28.6 Å². The molecule has 0 saturated carbocycles. The molecule has 1 aromatic heterocycles. The van der Waals surface area contributed by atoms with E-state index in [0.29, 0.717) is 0 Å². The molecule has 0 aliphatic heterocycles. The lowest BCUT2D eigenvalue weighted by Crippen LogP contribution is -2.31. The van der Waals surface area contributed by atoms with Gasteiger partial charge in [0.05, 0.1) is 16.1 Å². The molecule has 2 aromatic carbocycles. The van der Waals surface area contributed by atoms with Crippen molar-refractivity contribution in [3.8, 4) is 0 Å². The number of benzene rings is 2. The normalized spacial score (nSPS) is 11.1. The van der Waals surface area contributed by atoms with Gasteiger partial charge in [0.1, 0.15) is 17.8 Å². The molecule has 1 amide bonds. The van der Waals surface area contributed by atoms with Gasteiger partial charge >= 0.3 is 6.18 Å². The van der Waals surface area contributed by atoms with Crippen molar-refractivity contribution in [3.63, 3.8) is 0 Å². The van der Waals surface area contributed by atoms with Crippen molar-refractivity contribution in [3.05, 3.63) is 70.8 Å². The third-order valence-corrected chi connectivity index (χ3v) is 4.16. The quantitative estimate of drug-likeness (QED) is 0.347. The summed E-state index contributed by atoms with van der Waals surface area (Å²) in [6.07, 6.45) is -3.58. The highest BCUT2D eigenvalue weighted by Crippen LogP contribution is 2.37. The van der Waals surface area contributed by atoms with E-state index >= 15 is 0 Å². The first-order valence-corrected chi connectivity index (χ1v) is 8.59. The number of aromatic nitrogens is 2. The lowest BCUT2D eigenvalue weighted by atomic mass is 10.2. The SMILES string of the molecule is Nc1c(NNC(=O)c2ccccc2F)ncnc1Nc1ccc(Cl)c(C(F)(F)F)c1. The molecule has 0 radical (unpaired) electrons. The second kappa shape index (κ2) is 8.41. The maximum absolute atomic E-state index is 13.7. The molecule has 0 atom stereocenters. The summed E-state index contributed by atoms with van der Waals surface area (Å²) in [6, 6.07) is 8.51. The molecule has 12 heteroatoms. The zero-order valence-corrected chi connectivity index (χ0v) is 15.6. The second-order valence-electron chi connectivity index (χ2n) is 5.86. The van der Waals surface area contributed by atoms with Gasteiger partial charge in [-0.05, 0) is 30.3 Å². The summed E-state index contributed by atoms with van der Waals surface area (Å²) < 4.78 is 52.7. The van der Waals surface area contributed by atoms with Crippen LogP contribution in [0.15, 0.2) is 48.8 Å².